The van der Waals surface area contributed by atoms with Crippen molar-refractivity contribution in [2.75, 3.05) is 26.1 Å². The molecule has 4 rings (SSSR count). The summed E-state index contributed by atoms with van der Waals surface area (Å²) in [6.07, 6.45) is 0. The van der Waals surface area contributed by atoms with Crippen LogP contribution in [-0.2, 0) is 4.74 Å². The Labute approximate surface area is 162 Å². The topological polar surface area (TPSA) is 59.8 Å². The van der Waals surface area contributed by atoms with Crippen LogP contribution in [0.4, 0.5) is 5.69 Å². The smallest absolute Gasteiger partial charge is 0.338 e. The summed E-state index contributed by atoms with van der Waals surface area (Å²) in [5.41, 5.74) is 4.27. The van der Waals surface area contributed by atoms with Gasteiger partial charge in [-0.1, -0.05) is 18.2 Å². The molecule has 2 aliphatic rings. The van der Waals surface area contributed by atoms with E-state index in [0.29, 0.717) is 16.9 Å². The second-order valence-corrected chi connectivity index (χ2v) is 6.75. The van der Waals surface area contributed by atoms with Gasteiger partial charge in [0.15, 0.2) is 5.43 Å². The standard InChI is InChI=1S/C23H19NO4/c1-24(2)14-8-10-18-20(12-14)28-21-13-15(25)9-11-19(21)22(18)16-6-4-5-7-17(16)23(26)27-3/h4-13H,1-3H3. The molecule has 1 aliphatic carbocycles. The first-order chi connectivity index (χ1) is 13.5. The first-order valence-corrected chi connectivity index (χ1v) is 8.85. The van der Waals surface area contributed by atoms with Crippen LogP contribution in [0.15, 0.2) is 69.9 Å². The van der Waals surface area contributed by atoms with Crippen molar-refractivity contribution in [2.45, 2.75) is 0 Å². The first-order valence-electron chi connectivity index (χ1n) is 8.85. The van der Waals surface area contributed by atoms with Crippen molar-refractivity contribution < 1.29 is 13.9 Å². The molecular weight excluding hydrogens is 354 g/mol. The summed E-state index contributed by atoms with van der Waals surface area (Å²) in [5, 5.41) is 0.855. The van der Waals surface area contributed by atoms with Crippen molar-refractivity contribution in [3.63, 3.8) is 0 Å². The maximum atomic E-state index is 12.4. The fourth-order valence-corrected chi connectivity index (χ4v) is 3.42. The van der Waals surface area contributed by atoms with Gasteiger partial charge in [-0.25, -0.2) is 4.79 Å². The SMILES string of the molecule is COC(=O)c1ccccc1-c1c2ccc(=O)cc-2oc2cc(N(C)C)ccc12. The number of rotatable bonds is 3. The number of esters is 1. The largest absolute Gasteiger partial charge is 0.465 e. The molecule has 0 saturated carbocycles. The molecule has 0 radical (unpaired) electrons. The summed E-state index contributed by atoms with van der Waals surface area (Å²) < 4.78 is 11.0. The minimum absolute atomic E-state index is 0.133. The monoisotopic (exact) mass is 373 g/mol. The van der Waals surface area contributed by atoms with Gasteiger partial charge in [0, 0.05) is 48.4 Å². The number of hydrogen-bond donors (Lipinski definition) is 0. The molecule has 0 aromatic heterocycles. The van der Waals surface area contributed by atoms with Crippen molar-refractivity contribution in [1.82, 2.24) is 0 Å². The number of methoxy groups -OCH3 is 1. The van der Waals surface area contributed by atoms with Crippen LogP contribution in [0.5, 0.6) is 0 Å². The van der Waals surface area contributed by atoms with Crippen LogP contribution >= 0.6 is 0 Å². The third kappa shape index (κ3) is 2.91. The zero-order valence-electron chi connectivity index (χ0n) is 15.9. The van der Waals surface area contributed by atoms with E-state index in [0.717, 1.165) is 27.8 Å². The summed E-state index contributed by atoms with van der Waals surface area (Å²) in [6.45, 7) is 0. The average Bonchev–Trinajstić information content (AvgIpc) is 2.70. The number of hydrogen-bond acceptors (Lipinski definition) is 5. The molecule has 0 spiro atoms. The van der Waals surface area contributed by atoms with Gasteiger partial charge < -0.3 is 14.1 Å². The lowest BCUT2D eigenvalue weighted by Gasteiger charge is -2.19. The highest BCUT2D eigenvalue weighted by Gasteiger charge is 2.22. The predicted molar refractivity (Wildman–Crippen MR) is 110 cm³/mol. The Balaban J connectivity index is 2.15. The second kappa shape index (κ2) is 6.85. The molecule has 0 amide bonds. The summed E-state index contributed by atoms with van der Waals surface area (Å²) in [6, 6.07) is 17.9. The van der Waals surface area contributed by atoms with Crippen LogP contribution < -0.4 is 10.3 Å². The molecule has 0 atom stereocenters. The Hall–Kier alpha value is -3.60. The number of carbonyl (C=O) groups excluding carboxylic acids is 1. The highest BCUT2D eigenvalue weighted by atomic mass is 16.5. The van der Waals surface area contributed by atoms with Crippen molar-refractivity contribution >= 4 is 22.6 Å². The fourth-order valence-electron chi connectivity index (χ4n) is 3.42. The molecule has 0 fully saturated rings. The van der Waals surface area contributed by atoms with E-state index in [-0.39, 0.29) is 5.43 Å². The van der Waals surface area contributed by atoms with E-state index in [1.165, 1.54) is 19.2 Å². The van der Waals surface area contributed by atoms with E-state index in [1.807, 2.05) is 49.3 Å². The first kappa shape index (κ1) is 17.8. The normalized spacial score (nSPS) is 11.0. The van der Waals surface area contributed by atoms with E-state index in [4.69, 9.17) is 9.15 Å². The van der Waals surface area contributed by atoms with E-state index < -0.39 is 5.97 Å². The zero-order valence-corrected chi connectivity index (χ0v) is 15.9. The highest BCUT2D eigenvalue weighted by Crippen LogP contribution is 2.41. The minimum Gasteiger partial charge on any atom is -0.465 e. The molecule has 2 aromatic carbocycles. The predicted octanol–water partition coefficient (Wildman–Crippen LogP) is 4.42. The third-order valence-electron chi connectivity index (χ3n) is 4.79. The molecule has 2 aromatic rings. The molecule has 5 nitrogen and oxygen atoms in total. The Morgan fingerprint density at radius 1 is 0.964 bits per heavy atom. The van der Waals surface area contributed by atoms with E-state index in [1.54, 1.807) is 18.2 Å². The van der Waals surface area contributed by atoms with Gasteiger partial charge in [-0.2, -0.15) is 0 Å². The fraction of sp³-hybridized carbons (Fsp3) is 0.130. The summed E-state index contributed by atoms with van der Waals surface area (Å²) in [5.74, 6) is 0.0635. The molecule has 140 valence electrons. The van der Waals surface area contributed by atoms with Crippen LogP contribution in [-0.4, -0.2) is 27.2 Å². The Morgan fingerprint density at radius 3 is 2.50 bits per heavy atom. The van der Waals surface area contributed by atoms with Crippen molar-refractivity contribution in [3.8, 4) is 22.5 Å². The third-order valence-corrected chi connectivity index (χ3v) is 4.79. The van der Waals surface area contributed by atoms with Crippen molar-refractivity contribution in [2.24, 2.45) is 0 Å². The zero-order chi connectivity index (χ0) is 19.8. The molecular formula is C23H19NO4. The van der Waals surface area contributed by atoms with Gasteiger partial charge >= 0.3 is 5.97 Å². The molecule has 1 aliphatic heterocycles. The highest BCUT2D eigenvalue weighted by molar-refractivity contribution is 6.08. The lowest BCUT2D eigenvalue weighted by Crippen LogP contribution is -2.08. The van der Waals surface area contributed by atoms with Crippen LogP contribution in [0.25, 0.3) is 33.4 Å². The summed E-state index contributed by atoms with van der Waals surface area (Å²) in [7, 11) is 5.26. The van der Waals surface area contributed by atoms with Crippen molar-refractivity contribution in [1.29, 1.82) is 0 Å². The summed E-state index contributed by atoms with van der Waals surface area (Å²) >= 11 is 0. The molecule has 0 N–H and O–H groups in total. The molecule has 0 unspecified atom stereocenters. The lowest BCUT2D eigenvalue weighted by molar-refractivity contribution is 0.0601. The number of ether oxygens (including phenoxy) is 1. The van der Waals surface area contributed by atoms with Gasteiger partial charge in [0.1, 0.15) is 11.3 Å². The minimum atomic E-state index is -0.414. The Morgan fingerprint density at radius 2 is 1.75 bits per heavy atom. The quantitative estimate of drug-likeness (QED) is 0.393. The Kier molecular flexibility index (Phi) is 4.35. The van der Waals surface area contributed by atoms with Gasteiger partial charge in [0.2, 0.25) is 0 Å². The van der Waals surface area contributed by atoms with Gasteiger partial charge in [-0.3, -0.25) is 4.79 Å². The van der Waals surface area contributed by atoms with Crippen LogP contribution in [0, 0.1) is 0 Å². The number of nitrogens with zero attached hydrogens (tertiary/aromatic N) is 1. The molecule has 0 bridgehead atoms. The molecule has 0 saturated heterocycles. The van der Waals surface area contributed by atoms with Gasteiger partial charge in [-0.05, 0) is 35.9 Å². The number of anilines is 1. The second-order valence-electron chi connectivity index (χ2n) is 6.75. The Bertz CT molecular complexity index is 1220. The van der Waals surface area contributed by atoms with Crippen LogP contribution in [0.2, 0.25) is 0 Å². The molecule has 28 heavy (non-hydrogen) atoms. The average molecular weight is 373 g/mol. The van der Waals surface area contributed by atoms with Crippen LogP contribution in [0.1, 0.15) is 10.4 Å². The van der Waals surface area contributed by atoms with E-state index in [9.17, 15) is 9.59 Å². The number of carbonyl (C=O) groups is 1. The van der Waals surface area contributed by atoms with Gasteiger partial charge in [0.25, 0.3) is 0 Å². The number of benzene rings is 3. The molecule has 5 heteroatoms. The van der Waals surface area contributed by atoms with Crippen molar-refractivity contribution in [3.05, 3.63) is 76.5 Å². The number of fused-ring (bicyclic) bond motifs is 2. The van der Waals surface area contributed by atoms with Crippen LogP contribution in [0.3, 0.4) is 0 Å². The molecule has 1 heterocycles. The lowest BCUT2D eigenvalue weighted by atomic mass is 9.90. The van der Waals surface area contributed by atoms with Gasteiger partial charge in [-0.15, -0.1) is 0 Å². The van der Waals surface area contributed by atoms with E-state index in [2.05, 4.69) is 0 Å². The van der Waals surface area contributed by atoms with E-state index >= 15 is 0 Å². The summed E-state index contributed by atoms with van der Waals surface area (Å²) in [4.78, 5) is 26.3. The maximum Gasteiger partial charge on any atom is 0.338 e. The van der Waals surface area contributed by atoms with Gasteiger partial charge in [0.05, 0.1) is 12.7 Å². The maximum absolute atomic E-state index is 12.4.